The van der Waals surface area contributed by atoms with Crippen LogP contribution in [0.1, 0.15) is 84.7 Å². The number of rotatable bonds is 5. The highest BCUT2D eigenvalue weighted by molar-refractivity contribution is 6.34. The maximum atomic E-state index is 14.3. The Morgan fingerprint density at radius 1 is 1.09 bits per heavy atom. The van der Waals surface area contributed by atoms with Gasteiger partial charge in [0, 0.05) is 31.0 Å². The van der Waals surface area contributed by atoms with Gasteiger partial charge in [0.1, 0.15) is 0 Å². The summed E-state index contributed by atoms with van der Waals surface area (Å²) in [7, 11) is 0. The van der Waals surface area contributed by atoms with Crippen LogP contribution >= 0.6 is 11.6 Å². The Hall–Kier alpha value is -3.18. The highest BCUT2D eigenvalue weighted by Crippen LogP contribution is 2.60. The van der Waals surface area contributed by atoms with E-state index in [4.69, 9.17) is 16.7 Å². The number of fused-ring (bicyclic) bond motifs is 1. The fraction of sp³-hybridized carbons (Fsp3) is 0.562. The van der Waals surface area contributed by atoms with Gasteiger partial charge in [0.15, 0.2) is 0 Å². The van der Waals surface area contributed by atoms with Gasteiger partial charge in [-0.15, -0.1) is 0 Å². The molecule has 2 fully saturated rings. The van der Waals surface area contributed by atoms with Gasteiger partial charge in [-0.3, -0.25) is 14.4 Å². The van der Waals surface area contributed by atoms with E-state index in [1.807, 2.05) is 13.0 Å². The van der Waals surface area contributed by atoms with Gasteiger partial charge in [-0.2, -0.15) is 23.0 Å². The molecule has 1 saturated carbocycles. The first-order valence-corrected chi connectivity index (χ1v) is 15.6. The minimum absolute atomic E-state index is 0.0773. The van der Waals surface area contributed by atoms with Crippen LogP contribution in [0.3, 0.4) is 0 Å². The van der Waals surface area contributed by atoms with Crippen LogP contribution in [0, 0.1) is 17.8 Å². The summed E-state index contributed by atoms with van der Waals surface area (Å²) in [5.41, 5.74) is -0.00148. The number of carbonyl (C=O) groups is 3. The Kier molecular flexibility index (Phi) is 7.93. The molecule has 0 radical (unpaired) electrons. The first-order chi connectivity index (χ1) is 20.8. The Morgan fingerprint density at radius 2 is 1.80 bits per heavy atom. The van der Waals surface area contributed by atoms with Crippen molar-refractivity contribution in [3.63, 3.8) is 0 Å². The second kappa shape index (κ2) is 11.3. The fourth-order valence-corrected chi connectivity index (χ4v) is 7.54. The molecular weight excluding hydrogens is 599 g/mol. The lowest BCUT2D eigenvalue weighted by atomic mass is 9.78. The minimum atomic E-state index is -4.56. The molecule has 0 spiro atoms. The number of carboxylic acids is 1. The van der Waals surface area contributed by atoms with Crippen LogP contribution in [0.25, 0.3) is 5.57 Å². The van der Waals surface area contributed by atoms with Crippen LogP contribution in [0.4, 0.5) is 13.2 Å². The number of carboxylic acid groups (broad SMARTS) is 1. The third-order valence-corrected chi connectivity index (χ3v) is 10.4. The molecular formula is C32H35ClF3N3O5. The number of carbonyl (C=O) groups excluding carboxylic acids is 2. The summed E-state index contributed by atoms with van der Waals surface area (Å²) >= 11 is 6.48. The summed E-state index contributed by atoms with van der Waals surface area (Å²) < 4.78 is 43.9. The number of halogens is 4. The van der Waals surface area contributed by atoms with Crippen molar-refractivity contribution >= 4 is 35.0 Å². The third kappa shape index (κ3) is 5.25. The van der Waals surface area contributed by atoms with Gasteiger partial charge in [0.05, 0.1) is 39.4 Å². The monoisotopic (exact) mass is 633 g/mol. The quantitative estimate of drug-likeness (QED) is 0.455. The molecule has 1 saturated heterocycles. The Balaban J connectivity index is 1.42. The first kappa shape index (κ1) is 30.8. The lowest BCUT2D eigenvalue weighted by Crippen LogP contribution is -2.44. The van der Waals surface area contributed by atoms with Crippen LogP contribution in [-0.2, 0) is 27.8 Å². The summed E-state index contributed by atoms with van der Waals surface area (Å²) in [6, 6.07) is 4.13. The molecule has 1 aliphatic heterocycles. The molecule has 12 heteroatoms. The first-order valence-electron chi connectivity index (χ1n) is 15.2. The molecule has 0 bridgehead atoms. The highest BCUT2D eigenvalue weighted by Gasteiger charge is 2.65. The average Bonchev–Trinajstić information content (AvgIpc) is 3.72. The third-order valence-electron chi connectivity index (χ3n) is 10.1. The van der Waals surface area contributed by atoms with E-state index in [-0.39, 0.29) is 47.2 Å². The SMILES string of the molecule is C[C@H]1CC(c2nn(C(=O)c3c(Cl)cccc3C3(C(F)(F)F)CC3)c3c2CCC(C(=O)N2CCC(O)CC2)C3)=CC[C@H]1C(=O)O. The zero-order chi connectivity index (χ0) is 31.6. The van der Waals surface area contributed by atoms with Crippen molar-refractivity contribution in [2.24, 2.45) is 17.8 Å². The van der Waals surface area contributed by atoms with E-state index in [0.717, 1.165) is 15.8 Å². The van der Waals surface area contributed by atoms with E-state index in [9.17, 15) is 37.8 Å². The Labute approximate surface area is 257 Å². The van der Waals surface area contributed by atoms with Crippen molar-refractivity contribution in [3.05, 3.63) is 57.4 Å². The van der Waals surface area contributed by atoms with E-state index in [0.29, 0.717) is 63.0 Å². The van der Waals surface area contributed by atoms with Gasteiger partial charge in [0.2, 0.25) is 5.91 Å². The van der Waals surface area contributed by atoms with Gasteiger partial charge in [-0.25, -0.2) is 0 Å². The average molecular weight is 634 g/mol. The number of aliphatic hydroxyl groups is 1. The smallest absolute Gasteiger partial charge is 0.398 e. The van der Waals surface area contributed by atoms with Gasteiger partial charge < -0.3 is 15.1 Å². The molecule has 1 amide bonds. The number of hydrogen-bond acceptors (Lipinski definition) is 5. The zero-order valence-corrected chi connectivity index (χ0v) is 25.1. The fourth-order valence-electron chi connectivity index (χ4n) is 7.28. The molecule has 2 heterocycles. The maximum absolute atomic E-state index is 14.3. The number of nitrogens with zero attached hydrogens (tertiary/aromatic N) is 3. The van der Waals surface area contributed by atoms with E-state index in [1.165, 1.54) is 18.2 Å². The molecule has 1 unspecified atom stereocenters. The topological polar surface area (TPSA) is 113 Å². The molecule has 44 heavy (non-hydrogen) atoms. The minimum Gasteiger partial charge on any atom is -0.481 e. The number of likely N-dealkylation sites (tertiary alicyclic amines) is 1. The van der Waals surface area contributed by atoms with Crippen molar-refractivity contribution in [2.75, 3.05) is 13.1 Å². The normalized spacial score (nSPS) is 25.3. The van der Waals surface area contributed by atoms with Gasteiger partial charge in [0.25, 0.3) is 5.91 Å². The zero-order valence-electron chi connectivity index (χ0n) is 24.4. The van der Waals surface area contributed by atoms with E-state index < -0.39 is 41.4 Å². The van der Waals surface area contributed by atoms with E-state index in [2.05, 4.69) is 0 Å². The number of alkyl halides is 3. The number of aliphatic hydroxyl groups excluding tert-OH is 1. The van der Waals surface area contributed by atoms with Crippen LogP contribution in [-0.4, -0.2) is 68.0 Å². The second-order valence-corrected chi connectivity index (χ2v) is 13.2. The summed E-state index contributed by atoms with van der Waals surface area (Å²) in [4.78, 5) is 41.3. The van der Waals surface area contributed by atoms with Gasteiger partial charge in [-0.05, 0) is 74.5 Å². The number of amides is 1. The van der Waals surface area contributed by atoms with E-state index >= 15 is 0 Å². The van der Waals surface area contributed by atoms with Crippen molar-refractivity contribution in [1.29, 1.82) is 0 Å². The maximum Gasteiger partial charge on any atom is 0.398 e. The molecule has 6 rings (SSSR count). The summed E-state index contributed by atoms with van der Waals surface area (Å²) in [6.45, 7) is 2.72. The number of aromatic nitrogens is 2. The largest absolute Gasteiger partial charge is 0.481 e. The lowest BCUT2D eigenvalue weighted by molar-refractivity contribution is -0.160. The molecule has 3 atom stereocenters. The number of aliphatic carboxylic acids is 1. The number of allylic oxidation sites excluding steroid dienone is 2. The van der Waals surface area contributed by atoms with Crippen molar-refractivity contribution in [2.45, 2.75) is 82.4 Å². The van der Waals surface area contributed by atoms with E-state index in [1.54, 1.807) is 4.90 Å². The highest BCUT2D eigenvalue weighted by atomic mass is 35.5. The van der Waals surface area contributed by atoms with Gasteiger partial charge in [-0.1, -0.05) is 36.7 Å². The molecule has 8 nitrogen and oxygen atoms in total. The molecule has 4 aliphatic rings. The van der Waals surface area contributed by atoms with Crippen molar-refractivity contribution < 1.29 is 37.8 Å². The number of piperidine rings is 1. The molecule has 3 aliphatic carbocycles. The molecule has 2 N–H and O–H groups in total. The van der Waals surface area contributed by atoms with Crippen LogP contribution in [0.15, 0.2) is 24.3 Å². The molecule has 236 valence electrons. The molecule has 2 aromatic rings. The summed E-state index contributed by atoms with van der Waals surface area (Å²) in [5.74, 6) is -2.93. The predicted octanol–water partition coefficient (Wildman–Crippen LogP) is 5.42. The second-order valence-electron chi connectivity index (χ2n) is 12.8. The predicted molar refractivity (Wildman–Crippen MR) is 155 cm³/mol. The number of hydrogen-bond donors (Lipinski definition) is 2. The van der Waals surface area contributed by atoms with Crippen LogP contribution < -0.4 is 0 Å². The van der Waals surface area contributed by atoms with Crippen LogP contribution in [0.5, 0.6) is 0 Å². The van der Waals surface area contributed by atoms with Crippen molar-refractivity contribution in [1.82, 2.24) is 14.7 Å². The summed E-state index contributed by atoms with van der Waals surface area (Å²) in [6.07, 6.45) is -0.651. The van der Waals surface area contributed by atoms with Gasteiger partial charge >= 0.3 is 12.1 Å². The van der Waals surface area contributed by atoms with Crippen LogP contribution in [0.2, 0.25) is 5.02 Å². The molecule has 1 aromatic carbocycles. The standard InChI is InChI=1S/C32H35ClF3N3O5/c1-17-15-18(5-7-21(17)30(43)44)27-22-8-6-19(28(41)38-13-9-20(40)10-14-38)16-25(22)39(37-27)29(42)26-23(3-2-4-24(26)33)31(11-12-31)32(34,35)36/h2-5,17,19-21,40H,6-16H2,1H3,(H,43,44)/t17-,19?,21+/m0/s1. The summed E-state index contributed by atoms with van der Waals surface area (Å²) in [5, 5.41) is 24.1. The lowest BCUT2D eigenvalue weighted by Gasteiger charge is -2.34. The number of benzene rings is 1. The van der Waals surface area contributed by atoms with Crippen molar-refractivity contribution in [3.8, 4) is 0 Å². The Morgan fingerprint density at radius 3 is 2.41 bits per heavy atom. The molecule has 1 aromatic heterocycles. The Bertz CT molecular complexity index is 1540.